The minimum atomic E-state index is -0.699. The molecule has 4 nitrogen and oxygen atoms in total. The number of hydrogen-bond donors (Lipinski definition) is 1. The third-order valence-electron chi connectivity index (χ3n) is 8.17. The van der Waals surface area contributed by atoms with Gasteiger partial charge in [0.05, 0.1) is 13.0 Å². The normalized spacial score (nSPS) is 21.8. The van der Waals surface area contributed by atoms with Crippen LogP contribution in [0, 0.1) is 11.7 Å². The van der Waals surface area contributed by atoms with Crippen LogP contribution in [0.25, 0.3) is 16.7 Å². The Kier molecular flexibility index (Phi) is 5.59. The number of halogens is 1. The van der Waals surface area contributed by atoms with E-state index in [1.54, 1.807) is 19.2 Å². The van der Waals surface area contributed by atoms with Gasteiger partial charge in [-0.25, -0.2) is 4.39 Å². The first kappa shape index (κ1) is 22.8. The molecular weight excluding hydrogens is 455 g/mol. The van der Waals surface area contributed by atoms with Crippen molar-refractivity contribution in [3.05, 3.63) is 88.7 Å². The van der Waals surface area contributed by atoms with Crippen LogP contribution in [-0.4, -0.2) is 18.2 Å². The Bertz CT molecular complexity index is 1390. The fraction of sp³-hybridized carbons (Fsp3) is 0.323. The van der Waals surface area contributed by atoms with Gasteiger partial charge < -0.3 is 14.6 Å². The number of hydrogen-bond acceptors (Lipinski definition) is 3. The first-order chi connectivity index (χ1) is 17.5. The highest BCUT2D eigenvalue weighted by atomic mass is 19.1. The van der Waals surface area contributed by atoms with Crippen LogP contribution in [0.4, 0.5) is 4.39 Å². The molecule has 184 valence electrons. The topological polar surface area (TPSA) is 55.8 Å². The Morgan fingerprint density at radius 2 is 1.89 bits per heavy atom. The average Bonchev–Trinajstić information content (AvgIpc) is 3.20. The molecule has 3 aliphatic carbocycles. The number of benzene rings is 3. The van der Waals surface area contributed by atoms with Crippen molar-refractivity contribution in [2.45, 2.75) is 50.5 Å². The Hall–Kier alpha value is -3.60. The van der Waals surface area contributed by atoms with Crippen molar-refractivity contribution in [2.24, 2.45) is 5.92 Å². The third-order valence-corrected chi connectivity index (χ3v) is 8.17. The summed E-state index contributed by atoms with van der Waals surface area (Å²) in [6.07, 6.45) is 7.91. The van der Waals surface area contributed by atoms with Crippen LogP contribution in [0.2, 0.25) is 0 Å². The first-order valence-corrected chi connectivity index (χ1v) is 12.6. The van der Waals surface area contributed by atoms with Gasteiger partial charge in [0.2, 0.25) is 0 Å². The largest absolute Gasteiger partial charge is 0.497 e. The van der Waals surface area contributed by atoms with E-state index < -0.39 is 5.97 Å². The molecule has 0 aliphatic heterocycles. The Labute approximate surface area is 210 Å². The van der Waals surface area contributed by atoms with Crippen LogP contribution in [-0.2, 0) is 23.2 Å². The van der Waals surface area contributed by atoms with Crippen molar-refractivity contribution in [1.29, 1.82) is 0 Å². The minimum Gasteiger partial charge on any atom is -0.497 e. The van der Waals surface area contributed by atoms with E-state index in [9.17, 15) is 14.3 Å². The maximum atomic E-state index is 14.8. The zero-order valence-corrected chi connectivity index (χ0v) is 20.4. The monoisotopic (exact) mass is 484 g/mol. The zero-order valence-electron chi connectivity index (χ0n) is 20.4. The van der Waals surface area contributed by atoms with Crippen molar-refractivity contribution < 1.29 is 23.8 Å². The van der Waals surface area contributed by atoms with E-state index in [-0.39, 0.29) is 17.2 Å². The van der Waals surface area contributed by atoms with Crippen molar-refractivity contribution in [2.75, 3.05) is 7.11 Å². The second-order valence-corrected chi connectivity index (χ2v) is 10.2. The highest BCUT2D eigenvalue weighted by Gasteiger charge is 2.61. The number of carboxylic acids is 1. The highest BCUT2D eigenvalue weighted by molar-refractivity contribution is 5.83. The lowest BCUT2D eigenvalue weighted by Gasteiger charge is -2.16. The second kappa shape index (κ2) is 8.81. The molecule has 5 heteroatoms. The molecule has 0 saturated heterocycles. The molecule has 1 spiro atoms. The van der Waals surface area contributed by atoms with E-state index in [0.717, 1.165) is 66.5 Å². The molecule has 1 N–H and O–H groups in total. The molecule has 1 fully saturated rings. The van der Waals surface area contributed by atoms with E-state index in [2.05, 4.69) is 18.2 Å². The lowest BCUT2D eigenvalue weighted by molar-refractivity contribution is -0.139. The molecule has 6 rings (SSSR count). The van der Waals surface area contributed by atoms with Crippen LogP contribution in [0.15, 0.2) is 60.7 Å². The Morgan fingerprint density at radius 1 is 1.03 bits per heavy atom. The molecule has 1 unspecified atom stereocenters. The summed E-state index contributed by atoms with van der Waals surface area (Å²) in [6, 6.07) is 17.0. The molecule has 0 amide bonds. The molecule has 1 saturated carbocycles. The van der Waals surface area contributed by atoms with Crippen LogP contribution in [0.5, 0.6) is 11.5 Å². The van der Waals surface area contributed by atoms with Crippen LogP contribution >= 0.6 is 0 Å². The predicted molar refractivity (Wildman–Crippen MR) is 137 cm³/mol. The van der Waals surface area contributed by atoms with Gasteiger partial charge in [0, 0.05) is 11.0 Å². The number of allylic oxidation sites excluding steroid dienone is 2. The van der Waals surface area contributed by atoms with Gasteiger partial charge in [-0.3, -0.25) is 4.79 Å². The molecule has 2 atom stereocenters. The molecular formula is C31H29FO4. The zero-order chi connectivity index (χ0) is 24.9. The number of aryl methyl sites for hydroxylation is 1. The molecule has 36 heavy (non-hydrogen) atoms. The predicted octanol–water partition coefficient (Wildman–Crippen LogP) is 6.94. The lowest BCUT2D eigenvalue weighted by atomic mass is 9.92. The second-order valence-electron chi connectivity index (χ2n) is 10.2. The number of carbonyl (C=O) groups is 1. The molecule has 3 aromatic rings. The van der Waals surface area contributed by atoms with Gasteiger partial charge >= 0.3 is 5.97 Å². The quantitative estimate of drug-likeness (QED) is 0.395. The number of methoxy groups -OCH3 is 1. The van der Waals surface area contributed by atoms with Crippen molar-refractivity contribution in [3.8, 4) is 22.6 Å². The van der Waals surface area contributed by atoms with Crippen molar-refractivity contribution in [1.82, 2.24) is 0 Å². The fourth-order valence-corrected chi connectivity index (χ4v) is 6.12. The van der Waals surface area contributed by atoms with Crippen LogP contribution < -0.4 is 9.47 Å². The number of fused-ring (bicyclic) bond motifs is 2. The van der Waals surface area contributed by atoms with E-state index in [1.165, 1.54) is 17.2 Å². The highest BCUT2D eigenvalue weighted by Crippen LogP contribution is 2.62. The van der Waals surface area contributed by atoms with Gasteiger partial charge in [-0.05, 0) is 108 Å². The molecule has 3 aliphatic rings. The van der Waals surface area contributed by atoms with Gasteiger partial charge in [-0.2, -0.15) is 0 Å². The number of carboxylic acid groups (broad SMARTS) is 1. The van der Waals surface area contributed by atoms with E-state index >= 15 is 0 Å². The Balaban J connectivity index is 1.28. The average molecular weight is 485 g/mol. The van der Waals surface area contributed by atoms with E-state index in [4.69, 9.17) is 9.47 Å². The number of ether oxygens (including phenoxy) is 2. The maximum absolute atomic E-state index is 14.8. The summed E-state index contributed by atoms with van der Waals surface area (Å²) in [4.78, 5) is 11.6. The number of rotatable bonds is 7. The summed E-state index contributed by atoms with van der Waals surface area (Å²) in [7, 11) is 1.59. The molecule has 0 aromatic heterocycles. The number of aliphatic carboxylic acids is 1. The smallest absolute Gasteiger partial charge is 0.307 e. The van der Waals surface area contributed by atoms with Crippen molar-refractivity contribution in [3.63, 3.8) is 0 Å². The first-order valence-electron chi connectivity index (χ1n) is 12.6. The van der Waals surface area contributed by atoms with Gasteiger partial charge in [0.25, 0.3) is 0 Å². The van der Waals surface area contributed by atoms with Crippen molar-refractivity contribution >= 4 is 11.5 Å². The maximum Gasteiger partial charge on any atom is 0.307 e. The van der Waals surface area contributed by atoms with E-state index in [0.29, 0.717) is 17.9 Å². The van der Waals surface area contributed by atoms with Gasteiger partial charge in [-0.15, -0.1) is 0 Å². The summed E-state index contributed by atoms with van der Waals surface area (Å²) in [5, 5.41) is 9.53. The molecule has 3 aromatic carbocycles. The third kappa shape index (κ3) is 3.87. The molecule has 0 bridgehead atoms. The minimum absolute atomic E-state index is 0.203. The van der Waals surface area contributed by atoms with Gasteiger partial charge in [0.15, 0.2) is 0 Å². The summed E-state index contributed by atoms with van der Waals surface area (Å²) < 4.78 is 26.4. The Morgan fingerprint density at radius 3 is 2.64 bits per heavy atom. The van der Waals surface area contributed by atoms with Gasteiger partial charge in [-0.1, -0.05) is 24.3 Å². The standard InChI is InChI=1S/C31H29FO4/c1-35-22-9-11-29(32)26(15-22)24-10-6-19(14-25(24)20-4-2-3-5-20)18-36-23-8-7-21-12-13-31(27(21)16-23)17-28(31)30(33)34/h4,6-11,14-16,28H,2-3,5,12-13,17-18H2,1H3,(H,33,34)/t28?,31-/m0/s1. The van der Waals surface area contributed by atoms with E-state index in [1.807, 2.05) is 24.3 Å². The van der Waals surface area contributed by atoms with Gasteiger partial charge in [0.1, 0.15) is 23.9 Å². The summed E-state index contributed by atoms with van der Waals surface area (Å²) in [6.45, 7) is 0.384. The fourth-order valence-electron chi connectivity index (χ4n) is 6.12. The van der Waals surface area contributed by atoms with Crippen LogP contribution in [0.1, 0.15) is 54.4 Å². The summed E-state index contributed by atoms with van der Waals surface area (Å²) >= 11 is 0. The molecule has 0 radical (unpaired) electrons. The lowest BCUT2D eigenvalue weighted by Crippen LogP contribution is -2.11. The summed E-state index contributed by atoms with van der Waals surface area (Å²) in [5.74, 6) is 0.138. The van der Waals surface area contributed by atoms with Crippen LogP contribution in [0.3, 0.4) is 0 Å². The SMILES string of the molecule is COc1ccc(F)c(-c2ccc(COc3ccc4c(c3)[C@]3(CC4)CC3C(=O)O)cc2C2=CCCC2)c1. The molecule has 0 heterocycles. The summed E-state index contributed by atoms with van der Waals surface area (Å²) in [5.41, 5.74) is 6.86.